The Morgan fingerprint density at radius 1 is 1.24 bits per heavy atom. The SMILES string of the molecule is Cc1nn(Cc2ccccc2Cl)c2sc(C(=O)OCC(=O)c3ccc4c(c3)NC(=O)CO4)cc12. The Bertz CT molecular complexity index is 1460. The number of Topliss-reactive ketones (excluding diaryl/α,β-unsaturated/α-hetero) is 1. The van der Waals surface area contributed by atoms with Gasteiger partial charge in [0, 0.05) is 16.0 Å². The van der Waals surface area contributed by atoms with Gasteiger partial charge < -0.3 is 14.8 Å². The van der Waals surface area contributed by atoms with Crippen molar-refractivity contribution in [1.29, 1.82) is 0 Å². The Labute approximate surface area is 203 Å². The Morgan fingerprint density at radius 3 is 2.88 bits per heavy atom. The van der Waals surface area contributed by atoms with Crippen molar-refractivity contribution in [3.8, 4) is 5.75 Å². The summed E-state index contributed by atoms with van der Waals surface area (Å²) in [5.74, 6) is -0.790. The molecule has 2 aromatic heterocycles. The Morgan fingerprint density at radius 2 is 2.06 bits per heavy atom. The summed E-state index contributed by atoms with van der Waals surface area (Å²) in [6.45, 7) is 1.85. The van der Waals surface area contributed by atoms with Crippen molar-refractivity contribution >= 4 is 56.5 Å². The van der Waals surface area contributed by atoms with Crippen molar-refractivity contribution < 1.29 is 23.9 Å². The number of benzene rings is 2. The molecule has 0 aliphatic carbocycles. The highest BCUT2D eigenvalue weighted by Crippen LogP contribution is 2.31. The van der Waals surface area contributed by atoms with Gasteiger partial charge in [0.05, 0.1) is 17.9 Å². The summed E-state index contributed by atoms with van der Waals surface area (Å²) in [7, 11) is 0. The van der Waals surface area contributed by atoms with Crippen LogP contribution in [0.1, 0.15) is 31.3 Å². The number of nitrogens with zero attached hydrogens (tertiary/aromatic N) is 2. The van der Waals surface area contributed by atoms with E-state index in [9.17, 15) is 14.4 Å². The van der Waals surface area contributed by atoms with Gasteiger partial charge in [0.2, 0.25) is 0 Å². The normalized spacial score (nSPS) is 12.7. The van der Waals surface area contributed by atoms with Crippen LogP contribution in [0.3, 0.4) is 0 Å². The van der Waals surface area contributed by atoms with Crippen molar-refractivity contribution in [3.05, 3.63) is 75.3 Å². The van der Waals surface area contributed by atoms with Crippen molar-refractivity contribution in [2.45, 2.75) is 13.5 Å². The lowest BCUT2D eigenvalue weighted by molar-refractivity contribution is -0.118. The molecule has 0 saturated heterocycles. The highest BCUT2D eigenvalue weighted by molar-refractivity contribution is 7.20. The van der Waals surface area contributed by atoms with Gasteiger partial charge in [-0.1, -0.05) is 29.8 Å². The van der Waals surface area contributed by atoms with E-state index >= 15 is 0 Å². The van der Waals surface area contributed by atoms with Crippen LogP contribution in [0.25, 0.3) is 10.2 Å². The fourth-order valence-electron chi connectivity index (χ4n) is 3.65. The molecule has 1 amide bonds. The van der Waals surface area contributed by atoms with E-state index in [0.717, 1.165) is 21.5 Å². The quantitative estimate of drug-likeness (QED) is 0.313. The van der Waals surface area contributed by atoms with Gasteiger partial charge in [0.25, 0.3) is 5.91 Å². The number of thiophene rings is 1. The van der Waals surface area contributed by atoms with Gasteiger partial charge >= 0.3 is 5.97 Å². The van der Waals surface area contributed by atoms with E-state index in [2.05, 4.69) is 10.4 Å². The Hall–Kier alpha value is -3.69. The van der Waals surface area contributed by atoms with Gasteiger partial charge in [-0.25, -0.2) is 4.79 Å². The molecule has 2 aromatic carbocycles. The first-order valence-corrected chi connectivity index (χ1v) is 11.6. The second-order valence-electron chi connectivity index (χ2n) is 7.71. The summed E-state index contributed by atoms with van der Waals surface area (Å²) in [6.07, 6.45) is 0. The maximum absolute atomic E-state index is 12.7. The fraction of sp³-hybridized carbons (Fsp3) is 0.167. The minimum absolute atomic E-state index is 0.0668. The molecule has 0 radical (unpaired) electrons. The maximum Gasteiger partial charge on any atom is 0.348 e. The topological polar surface area (TPSA) is 99.5 Å². The van der Waals surface area contributed by atoms with Crippen LogP contribution < -0.4 is 10.1 Å². The van der Waals surface area contributed by atoms with Gasteiger partial charge in [-0.15, -0.1) is 11.3 Å². The molecule has 0 unspecified atom stereocenters. The molecule has 1 N–H and O–H groups in total. The molecular weight excluding hydrogens is 478 g/mol. The molecule has 1 aliphatic rings. The van der Waals surface area contributed by atoms with Crippen LogP contribution in [0, 0.1) is 6.92 Å². The number of rotatable bonds is 6. The lowest BCUT2D eigenvalue weighted by Gasteiger charge is -2.18. The third kappa shape index (κ3) is 4.27. The van der Waals surface area contributed by atoms with Crippen LogP contribution in [-0.2, 0) is 16.1 Å². The number of ether oxygens (including phenoxy) is 2. The monoisotopic (exact) mass is 495 g/mol. The molecule has 10 heteroatoms. The van der Waals surface area contributed by atoms with Crippen molar-refractivity contribution in [2.75, 3.05) is 18.5 Å². The van der Waals surface area contributed by atoms with Gasteiger partial charge in [-0.05, 0) is 42.8 Å². The number of aromatic nitrogens is 2. The van der Waals surface area contributed by atoms with Gasteiger partial charge in [0.15, 0.2) is 19.0 Å². The molecule has 3 heterocycles. The number of carbonyl (C=O) groups is 3. The van der Waals surface area contributed by atoms with Crippen LogP contribution in [0.5, 0.6) is 5.75 Å². The number of halogens is 1. The van der Waals surface area contributed by atoms with Gasteiger partial charge in [-0.2, -0.15) is 5.10 Å². The van der Waals surface area contributed by atoms with E-state index in [1.165, 1.54) is 17.4 Å². The number of nitrogens with one attached hydrogen (secondary N) is 1. The zero-order valence-electron chi connectivity index (χ0n) is 18.0. The highest BCUT2D eigenvalue weighted by Gasteiger charge is 2.21. The number of ketones is 1. The van der Waals surface area contributed by atoms with Crippen LogP contribution in [0.2, 0.25) is 5.02 Å². The first kappa shape index (κ1) is 22.1. The summed E-state index contributed by atoms with van der Waals surface area (Å²) in [4.78, 5) is 37.9. The predicted octanol–water partition coefficient (Wildman–Crippen LogP) is 4.48. The lowest BCUT2D eigenvalue weighted by Crippen LogP contribution is -2.25. The molecule has 34 heavy (non-hydrogen) atoms. The minimum atomic E-state index is -0.590. The van der Waals surface area contributed by atoms with E-state index < -0.39 is 18.4 Å². The Balaban J connectivity index is 1.29. The zero-order valence-corrected chi connectivity index (χ0v) is 19.5. The summed E-state index contributed by atoms with van der Waals surface area (Å²) >= 11 is 7.54. The molecular formula is C24H18ClN3O5S. The molecule has 172 valence electrons. The minimum Gasteiger partial charge on any atom is -0.482 e. The average molecular weight is 496 g/mol. The Kier molecular flexibility index (Phi) is 5.80. The number of amides is 1. The van der Waals surface area contributed by atoms with Crippen LogP contribution in [0.4, 0.5) is 5.69 Å². The maximum atomic E-state index is 12.7. The number of hydrogen-bond donors (Lipinski definition) is 1. The molecule has 0 atom stereocenters. The highest BCUT2D eigenvalue weighted by atomic mass is 35.5. The number of fused-ring (bicyclic) bond motifs is 2. The smallest absolute Gasteiger partial charge is 0.348 e. The molecule has 4 aromatic rings. The molecule has 0 bridgehead atoms. The van der Waals surface area contributed by atoms with E-state index in [0.29, 0.717) is 33.4 Å². The van der Waals surface area contributed by atoms with Crippen molar-refractivity contribution in [1.82, 2.24) is 9.78 Å². The average Bonchev–Trinajstić information content (AvgIpc) is 3.39. The molecule has 0 spiro atoms. The first-order chi connectivity index (χ1) is 16.4. The summed E-state index contributed by atoms with van der Waals surface area (Å²) in [5, 5.41) is 8.71. The van der Waals surface area contributed by atoms with Crippen LogP contribution >= 0.6 is 22.9 Å². The number of aryl methyl sites for hydroxylation is 1. The molecule has 5 rings (SSSR count). The molecule has 0 fully saturated rings. The second kappa shape index (κ2) is 8.92. The third-order valence-electron chi connectivity index (χ3n) is 5.36. The van der Waals surface area contributed by atoms with Gasteiger partial charge in [0.1, 0.15) is 15.5 Å². The third-order valence-corrected chi connectivity index (χ3v) is 6.85. The van der Waals surface area contributed by atoms with E-state index in [4.69, 9.17) is 21.1 Å². The molecule has 0 saturated carbocycles. The summed E-state index contributed by atoms with van der Waals surface area (Å²) < 4.78 is 12.4. The summed E-state index contributed by atoms with van der Waals surface area (Å²) in [5.41, 5.74) is 2.42. The number of anilines is 1. The van der Waals surface area contributed by atoms with E-state index in [1.54, 1.807) is 18.2 Å². The first-order valence-electron chi connectivity index (χ1n) is 10.4. The second-order valence-corrected chi connectivity index (χ2v) is 9.15. The predicted molar refractivity (Wildman–Crippen MR) is 128 cm³/mol. The van der Waals surface area contributed by atoms with Crippen molar-refractivity contribution in [3.63, 3.8) is 0 Å². The number of hydrogen-bond acceptors (Lipinski definition) is 7. The van der Waals surface area contributed by atoms with Gasteiger partial charge in [-0.3, -0.25) is 14.3 Å². The lowest BCUT2D eigenvalue weighted by atomic mass is 10.1. The molecule has 1 aliphatic heterocycles. The van der Waals surface area contributed by atoms with E-state index in [1.807, 2.05) is 35.9 Å². The molecule has 8 nitrogen and oxygen atoms in total. The zero-order chi connectivity index (χ0) is 23.8. The van der Waals surface area contributed by atoms with Crippen LogP contribution in [0.15, 0.2) is 48.5 Å². The van der Waals surface area contributed by atoms with E-state index in [-0.39, 0.29) is 12.5 Å². The van der Waals surface area contributed by atoms with Crippen LogP contribution in [-0.4, -0.2) is 40.7 Å². The largest absolute Gasteiger partial charge is 0.482 e. The van der Waals surface area contributed by atoms with Crippen molar-refractivity contribution in [2.24, 2.45) is 0 Å². The number of carbonyl (C=O) groups excluding carboxylic acids is 3. The standard InChI is InChI=1S/C24H18ClN3O5S/c1-13-16-9-21(34-23(16)28(27-13)10-15-4-2-3-5-17(15)25)24(31)33-11-19(29)14-6-7-20-18(8-14)26-22(30)12-32-20/h2-9H,10-12H2,1H3,(H,26,30). The fourth-order valence-corrected chi connectivity index (χ4v) is 4.90. The summed E-state index contributed by atoms with van der Waals surface area (Å²) in [6, 6.07) is 13.9. The number of esters is 1.